The van der Waals surface area contributed by atoms with Gasteiger partial charge >= 0.3 is 0 Å². The zero-order chi connectivity index (χ0) is 13.1. The standard InChI is InChI=1S/C14H15Cl2NO/c1-3-17-14(12-8-7-9(2)18-12)10-5-4-6-11(15)13(10)16/h4-8,14,17H,3H2,1-2H3. The lowest BCUT2D eigenvalue weighted by Crippen LogP contribution is -2.21. The Kier molecular flexibility index (Phi) is 4.33. The van der Waals surface area contributed by atoms with Gasteiger partial charge in [-0.2, -0.15) is 0 Å². The summed E-state index contributed by atoms with van der Waals surface area (Å²) in [5, 5.41) is 4.48. The fourth-order valence-corrected chi connectivity index (χ4v) is 2.34. The molecule has 1 N–H and O–H groups in total. The van der Waals surface area contributed by atoms with Gasteiger partial charge in [-0.05, 0) is 37.2 Å². The van der Waals surface area contributed by atoms with Gasteiger partial charge in [0.15, 0.2) is 0 Å². The minimum absolute atomic E-state index is 0.0742. The Bertz CT molecular complexity index is 536. The first-order chi connectivity index (χ1) is 8.63. The van der Waals surface area contributed by atoms with Crippen molar-refractivity contribution in [3.63, 3.8) is 0 Å². The lowest BCUT2D eigenvalue weighted by molar-refractivity contribution is 0.435. The maximum atomic E-state index is 6.27. The molecule has 0 aliphatic carbocycles. The van der Waals surface area contributed by atoms with Crippen LogP contribution in [0.25, 0.3) is 0 Å². The average molecular weight is 284 g/mol. The number of benzene rings is 1. The Labute approximate surface area is 117 Å². The SMILES string of the molecule is CCNC(c1ccc(C)o1)c1cccc(Cl)c1Cl. The summed E-state index contributed by atoms with van der Waals surface area (Å²) in [4.78, 5) is 0. The van der Waals surface area contributed by atoms with E-state index in [1.54, 1.807) is 6.07 Å². The summed E-state index contributed by atoms with van der Waals surface area (Å²) in [5.41, 5.74) is 0.931. The van der Waals surface area contributed by atoms with Gasteiger partial charge in [-0.25, -0.2) is 0 Å². The van der Waals surface area contributed by atoms with Crippen LogP contribution in [0.1, 0.15) is 30.0 Å². The molecule has 1 unspecified atom stereocenters. The van der Waals surface area contributed by atoms with Gasteiger partial charge in [-0.3, -0.25) is 0 Å². The molecule has 18 heavy (non-hydrogen) atoms. The van der Waals surface area contributed by atoms with Crippen molar-refractivity contribution in [1.29, 1.82) is 0 Å². The van der Waals surface area contributed by atoms with E-state index < -0.39 is 0 Å². The normalized spacial score (nSPS) is 12.7. The molecule has 96 valence electrons. The second-order valence-electron chi connectivity index (χ2n) is 4.08. The topological polar surface area (TPSA) is 25.2 Å². The van der Waals surface area contributed by atoms with Gasteiger partial charge in [0.1, 0.15) is 11.5 Å². The number of nitrogens with one attached hydrogen (secondary N) is 1. The molecule has 2 nitrogen and oxygen atoms in total. The van der Waals surface area contributed by atoms with E-state index in [4.69, 9.17) is 27.6 Å². The fraction of sp³-hybridized carbons (Fsp3) is 0.286. The van der Waals surface area contributed by atoms with Gasteiger partial charge in [-0.1, -0.05) is 42.3 Å². The molecule has 1 heterocycles. The zero-order valence-electron chi connectivity index (χ0n) is 10.3. The van der Waals surface area contributed by atoms with Crippen molar-refractivity contribution < 1.29 is 4.42 Å². The smallest absolute Gasteiger partial charge is 0.125 e. The Morgan fingerprint density at radius 2 is 2.00 bits per heavy atom. The number of hydrogen-bond acceptors (Lipinski definition) is 2. The van der Waals surface area contributed by atoms with E-state index in [1.807, 2.05) is 38.1 Å². The predicted octanol–water partition coefficient (Wildman–Crippen LogP) is 4.59. The van der Waals surface area contributed by atoms with Gasteiger partial charge in [0.25, 0.3) is 0 Å². The summed E-state index contributed by atoms with van der Waals surface area (Å²) in [6.07, 6.45) is 0. The summed E-state index contributed by atoms with van der Waals surface area (Å²) in [7, 11) is 0. The van der Waals surface area contributed by atoms with Crippen LogP contribution in [-0.2, 0) is 0 Å². The van der Waals surface area contributed by atoms with Crippen LogP contribution in [0.4, 0.5) is 0 Å². The van der Waals surface area contributed by atoms with Crippen LogP contribution in [0.2, 0.25) is 10.0 Å². The molecular weight excluding hydrogens is 269 g/mol. The first kappa shape index (κ1) is 13.5. The molecule has 4 heteroatoms. The molecule has 0 fully saturated rings. The van der Waals surface area contributed by atoms with Crippen LogP contribution in [0.3, 0.4) is 0 Å². The third-order valence-corrected chi connectivity index (χ3v) is 3.58. The number of rotatable bonds is 4. The van der Waals surface area contributed by atoms with Crippen LogP contribution < -0.4 is 5.32 Å². The van der Waals surface area contributed by atoms with Gasteiger partial charge in [0, 0.05) is 0 Å². The van der Waals surface area contributed by atoms with Gasteiger partial charge in [0.05, 0.1) is 16.1 Å². The van der Waals surface area contributed by atoms with E-state index in [9.17, 15) is 0 Å². The average Bonchev–Trinajstić information content (AvgIpc) is 2.77. The fourth-order valence-electron chi connectivity index (χ4n) is 1.92. The molecule has 0 aliphatic rings. The van der Waals surface area contributed by atoms with Crippen molar-refractivity contribution >= 4 is 23.2 Å². The molecule has 1 aromatic carbocycles. The van der Waals surface area contributed by atoms with E-state index in [0.29, 0.717) is 10.0 Å². The van der Waals surface area contributed by atoms with Crippen molar-refractivity contribution in [1.82, 2.24) is 5.32 Å². The zero-order valence-corrected chi connectivity index (χ0v) is 11.8. The maximum absolute atomic E-state index is 6.27. The minimum atomic E-state index is -0.0742. The summed E-state index contributed by atoms with van der Waals surface area (Å²) in [6.45, 7) is 4.78. The number of halogens is 2. The second kappa shape index (κ2) is 5.79. The summed E-state index contributed by atoms with van der Waals surface area (Å²) in [5.74, 6) is 1.73. The third-order valence-electron chi connectivity index (χ3n) is 2.75. The minimum Gasteiger partial charge on any atom is -0.464 e. The van der Waals surface area contributed by atoms with Gasteiger partial charge in [-0.15, -0.1) is 0 Å². The molecule has 1 aromatic heterocycles. The number of furan rings is 1. The monoisotopic (exact) mass is 283 g/mol. The Morgan fingerprint density at radius 3 is 2.61 bits per heavy atom. The third kappa shape index (κ3) is 2.72. The summed E-state index contributed by atoms with van der Waals surface area (Å²) < 4.78 is 5.68. The largest absolute Gasteiger partial charge is 0.464 e. The lowest BCUT2D eigenvalue weighted by atomic mass is 10.0. The van der Waals surface area contributed by atoms with E-state index >= 15 is 0 Å². The van der Waals surface area contributed by atoms with E-state index in [2.05, 4.69) is 5.32 Å². The van der Waals surface area contributed by atoms with Crippen molar-refractivity contribution in [2.24, 2.45) is 0 Å². The highest BCUT2D eigenvalue weighted by molar-refractivity contribution is 6.42. The molecule has 0 spiro atoms. The van der Waals surface area contributed by atoms with Gasteiger partial charge < -0.3 is 9.73 Å². The summed E-state index contributed by atoms with van der Waals surface area (Å²) >= 11 is 12.3. The lowest BCUT2D eigenvalue weighted by Gasteiger charge is -2.18. The van der Waals surface area contributed by atoms with E-state index in [0.717, 1.165) is 23.6 Å². The molecule has 1 atom stereocenters. The number of aryl methyl sites for hydroxylation is 1. The van der Waals surface area contributed by atoms with Crippen molar-refractivity contribution in [2.75, 3.05) is 6.54 Å². The first-order valence-electron chi connectivity index (χ1n) is 5.87. The molecule has 2 rings (SSSR count). The van der Waals surface area contributed by atoms with E-state index in [-0.39, 0.29) is 6.04 Å². The van der Waals surface area contributed by atoms with Crippen molar-refractivity contribution in [2.45, 2.75) is 19.9 Å². The second-order valence-corrected chi connectivity index (χ2v) is 4.87. The van der Waals surface area contributed by atoms with Crippen LogP contribution in [0.15, 0.2) is 34.7 Å². The van der Waals surface area contributed by atoms with Crippen LogP contribution in [0, 0.1) is 6.92 Å². The highest BCUT2D eigenvalue weighted by Crippen LogP contribution is 2.33. The Balaban J connectivity index is 2.44. The summed E-state index contributed by atoms with van der Waals surface area (Å²) in [6, 6.07) is 9.46. The van der Waals surface area contributed by atoms with Crippen LogP contribution in [-0.4, -0.2) is 6.54 Å². The van der Waals surface area contributed by atoms with Crippen LogP contribution in [0.5, 0.6) is 0 Å². The van der Waals surface area contributed by atoms with Crippen molar-refractivity contribution in [3.8, 4) is 0 Å². The Morgan fingerprint density at radius 1 is 1.22 bits per heavy atom. The maximum Gasteiger partial charge on any atom is 0.125 e. The molecule has 2 aromatic rings. The highest BCUT2D eigenvalue weighted by atomic mass is 35.5. The Hall–Kier alpha value is -0.960. The van der Waals surface area contributed by atoms with Gasteiger partial charge in [0.2, 0.25) is 0 Å². The van der Waals surface area contributed by atoms with E-state index in [1.165, 1.54) is 0 Å². The molecule has 0 aliphatic heterocycles. The molecule has 0 bridgehead atoms. The molecule has 0 saturated carbocycles. The van der Waals surface area contributed by atoms with Crippen LogP contribution >= 0.6 is 23.2 Å². The quantitative estimate of drug-likeness (QED) is 0.888. The highest BCUT2D eigenvalue weighted by Gasteiger charge is 2.20. The molecule has 0 radical (unpaired) electrons. The number of hydrogen-bond donors (Lipinski definition) is 1. The van der Waals surface area contributed by atoms with Crippen molar-refractivity contribution in [3.05, 3.63) is 57.5 Å². The molecular formula is C14H15Cl2NO. The predicted molar refractivity (Wildman–Crippen MR) is 75.4 cm³/mol. The first-order valence-corrected chi connectivity index (χ1v) is 6.62. The molecule has 0 amide bonds. The molecule has 0 saturated heterocycles.